The van der Waals surface area contributed by atoms with Crippen LogP contribution in [-0.2, 0) is 19.1 Å². The van der Waals surface area contributed by atoms with E-state index in [4.69, 9.17) is 4.74 Å². The van der Waals surface area contributed by atoms with E-state index in [1.807, 2.05) is 61.5 Å². The van der Waals surface area contributed by atoms with E-state index in [0.717, 1.165) is 31.6 Å². The third-order valence-electron chi connectivity index (χ3n) is 9.96. The number of carbonyl (C=O) groups excluding carboxylic acids is 3. The highest BCUT2D eigenvalue weighted by Gasteiger charge is 2.79. The van der Waals surface area contributed by atoms with Crippen molar-refractivity contribution in [2.24, 2.45) is 17.8 Å². The molecule has 3 saturated heterocycles. The highest BCUT2D eigenvalue weighted by molar-refractivity contribution is 6.05. The summed E-state index contributed by atoms with van der Waals surface area (Å²) in [7, 11) is 0. The van der Waals surface area contributed by atoms with Gasteiger partial charge in [0.1, 0.15) is 11.6 Å². The zero-order valence-corrected chi connectivity index (χ0v) is 25.8. The van der Waals surface area contributed by atoms with E-state index < -0.39 is 29.1 Å². The Balaban J connectivity index is 1.45. The molecule has 3 amide bonds. The Hall–Kier alpha value is -3.43. The number of carbonyl (C=O) groups is 3. The second kappa shape index (κ2) is 12.7. The van der Waals surface area contributed by atoms with Gasteiger partial charge >= 0.3 is 0 Å². The predicted octanol–water partition coefficient (Wildman–Crippen LogP) is 4.67. The number of hydrogen-bond donors (Lipinski definition) is 3. The highest BCUT2D eigenvalue weighted by atomic mass is 16.5. The first kappa shape index (κ1) is 31.0. The summed E-state index contributed by atoms with van der Waals surface area (Å²) in [5.41, 5.74) is 0.417. The minimum Gasteiger partial charge on any atom is -0.396 e. The van der Waals surface area contributed by atoms with Crippen LogP contribution >= 0.6 is 0 Å². The van der Waals surface area contributed by atoms with Crippen LogP contribution in [0.4, 0.5) is 17.1 Å². The van der Waals surface area contributed by atoms with E-state index >= 15 is 0 Å². The molecule has 5 rings (SSSR count). The Kier molecular flexibility index (Phi) is 9.13. The molecule has 9 heteroatoms. The van der Waals surface area contributed by atoms with Gasteiger partial charge in [-0.2, -0.15) is 0 Å². The molecule has 3 fully saturated rings. The average Bonchev–Trinajstić information content (AvgIpc) is 3.51. The molecule has 0 aliphatic carbocycles. The number of aliphatic hydroxyl groups is 1. The van der Waals surface area contributed by atoms with Gasteiger partial charge in [-0.25, -0.2) is 0 Å². The predicted molar refractivity (Wildman–Crippen MR) is 168 cm³/mol. The van der Waals surface area contributed by atoms with Crippen molar-refractivity contribution in [3.63, 3.8) is 0 Å². The second-order valence-corrected chi connectivity index (χ2v) is 12.4. The van der Waals surface area contributed by atoms with Crippen LogP contribution in [0.1, 0.15) is 59.8 Å². The standard InChI is InChI=1S/C34H46N4O5/c1-5-37(6-2)26-18-16-25(17-19-26)36-31(41)29-34-22-23(3)33(4,43-34)27(30(40)35-24-14-10-9-11-15-24)28(34)32(42)38(29)20-12-7-8-13-21-39/h9-11,14-19,23,27-29,39H,5-8,12-13,20-22H2,1-4H3,(H,35,40)(H,36,41)/t23?,27-,28-,29?,33+,34?/m0/s1. The fourth-order valence-corrected chi connectivity index (χ4v) is 7.72. The van der Waals surface area contributed by atoms with Crippen LogP contribution in [0, 0.1) is 17.8 Å². The molecular formula is C34H46N4O5. The van der Waals surface area contributed by atoms with E-state index in [2.05, 4.69) is 36.3 Å². The molecule has 0 radical (unpaired) electrons. The van der Waals surface area contributed by atoms with Crippen LogP contribution in [0.2, 0.25) is 0 Å². The Bertz CT molecular complexity index is 1300. The van der Waals surface area contributed by atoms with Crippen LogP contribution in [0.5, 0.6) is 0 Å². The average molecular weight is 591 g/mol. The second-order valence-electron chi connectivity index (χ2n) is 12.4. The number of hydrogen-bond acceptors (Lipinski definition) is 6. The Labute approximate surface area is 255 Å². The van der Waals surface area contributed by atoms with Crippen molar-refractivity contribution in [1.29, 1.82) is 0 Å². The lowest BCUT2D eigenvalue weighted by molar-refractivity contribution is -0.144. The molecule has 2 aromatic carbocycles. The number of unbranched alkanes of at least 4 members (excludes halogenated alkanes) is 3. The topological polar surface area (TPSA) is 111 Å². The number of likely N-dealkylation sites (tertiary alicyclic amines) is 1. The minimum atomic E-state index is -1.10. The van der Waals surface area contributed by atoms with Gasteiger partial charge in [0.15, 0.2) is 0 Å². The molecule has 1 spiro atoms. The summed E-state index contributed by atoms with van der Waals surface area (Å²) in [5.74, 6) is -2.25. The van der Waals surface area contributed by atoms with Gasteiger partial charge in [-0.3, -0.25) is 14.4 Å². The molecule has 3 aliphatic heterocycles. The zero-order chi connectivity index (χ0) is 30.8. The van der Waals surface area contributed by atoms with E-state index in [1.54, 1.807) is 4.90 Å². The van der Waals surface area contributed by atoms with Crippen molar-refractivity contribution in [2.45, 2.75) is 77.0 Å². The van der Waals surface area contributed by atoms with Gasteiger partial charge in [0, 0.05) is 43.3 Å². The summed E-state index contributed by atoms with van der Waals surface area (Å²) in [6, 6.07) is 16.2. The molecule has 3 unspecified atom stereocenters. The molecule has 9 nitrogen and oxygen atoms in total. The summed E-state index contributed by atoms with van der Waals surface area (Å²) >= 11 is 0. The first-order valence-corrected chi connectivity index (χ1v) is 15.8. The quantitative estimate of drug-likeness (QED) is 0.293. The molecule has 43 heavy (non-hydrogen) atoms. The Morgan fingerprint density at radius 1 is 0.953 bits per heavy atom. The minimum absolute atomic E-state index is 0.0313. The number of para-hydroxylation sites is 1. The molecular weight excluding hydrogens is 544 g/mol. The first-order chi connectivity index (χ1) is 20.7. The molecule has 232 valence electrons. The number of benzene rings is 2. The molecule has 3 aliphatic rings. The highest BCUT2D eigenvalue weighted by Crippen LogP contribution is 2.65. The van der Waals surface area contributed by atoms with Crippen LogP contribution in [-0.4, -0.2) is 71.2 Å². The maximum atomic E-state index is 14.3. The third-order valence-corrected chi connectivity index (χ3v) is 9.96. The molecule has 2 bridgehead atoms. The van der Waals surface area contributed by atoms with Crippen molar-refractivity contribution in [2.75, 3.05) is 41.8 Å². The number of nitrogens with one attached hydrogen (secondary N) is 2. The van der Waals surface area contributed by atoms with Crippen molar-refractivity contribution >= 4 is 34.8 Å². The van der Waals surface area contributed by atoms with Crippen molar-refractivity contribution in [1.82, 2.24) is 4.90 Å². The molecule has 6 atom stereocenters. The SMILES string of the molecule is CCN(CC)c1ccc(NC(=O)C2N(CCCCCCO)C(=O)[C@@H]3[C@@H](C(=O)Nc4ccccc4)[C@]4(C)OC23CC4C)cc1. The van der Waals surface area contributed by atoms with Crippen molar-refractivity contribution in [3.05, 3.63) is 54.6 Å². The number of anilines is 3. The largest absolute Gasteiger partial charge is 0.396 e. The lowest BCUT2D eigenvalue weighted by Crippen LogP contribution is -2.54. The van der Waals surface area contributed by atoms with Gasteiger partial charge in [0.2, 0.25) is 17.7 Å². The van der Waals surface area contributed by atoms with Gasteiger partial charge in [0.05, 0.1) is 17.4 Å². The first-order valence-electron chi connectivity index (χ1n) is 15.8. The van der Waals surface area contributed by atoms with Crippen LogP contribution in [0.25, 0.3) is 0 Å². The number of amides is 3. The summed E-state index contributed by atoms with van der Waals surface area (Å²) in [6.07, 6.45) is 3.60. The van der Waals surface area contributed by atoms with E-state index in [1.165, 1.54) is 0 Å². The van der Waals surface area contributed by atoms with Crippen LogP contribution in [0.3, 0.4) is 0 Å². The number of aliphatic hydroxyl groups excluding tert-OH is 1. The Morgan fingerprint density at radius 3 is 2.23 bits per heavy atom. The smallest absolute Gasteiger partial charge is 0.250 e. The molecule has 0 saturated carbocycles. The molecule has 0 aromatic heterocycles. The number of fused-ring (bicyclic) bond motifs is 1. The lowest BCUT2D eigenvalue weighted by atomic mass is 9.62. The van der Waals surface area contributed by atoms with Crippen molar-refractivity contribution in [3.8, 4) is 0 Å². The molecule has 3 N–H and O–H groups in total. The zero-order valence-electron chi connectivity index (χ0n) is 25.8. The summed E-state index contributed by atoms with van der Waals surface area (Å²) < 4.78 is 6.83. The van der Waals surface area contributed by atoms with E-state index in [-0.39, 0.29) is 30.2 Å². The number of nitrogens with zero attached hydrogens (tertiary/aromatic N) is 2. The van der Waals surface area contributed by atoms with Crippen molar-refractivity contribution < 1.29 is 24.2 Å². The van der Waals surface area contributed by atoms with Crippen LogP contribution < -0.4 is 15.5 Å². The fraction of sp³-hybridized carbons (Fsp3) is 0.559. The Morgan fingerprint density at radius 2 is 1.58 bits per heavy atom. The summed E-state index contributed by atoms with van der Waals surface area (Å²) in [4.78, 5) is 46.3. The number of rotatable bonds is 13. The van der Waals surface area contributed by atoms with Gasteiger partial charge in [-0.15, -0.1) is 0 Å². The maximum Gasteiger partial charge on any atom is 0.250 e. The third kappa shape index (κ3) is 5.53. The summed E-state index contributed by atoms with van der Waals surface area (Å²) in [5, 5.41) is 15.3. The normalized spacial score (nSPS) is 29.0. The fourth-order valence-electron chi connectivity index (χ4n) is 7.72. The van der Waals surface area contributed by atoms with Gasteiger partial charge in [-0.1, -0.05) is 38.0 Å². The van der Waals surface area contributed by atoms with E-state index in [0.29, 0.717) is 37.2 Å². The molecule has 2 aromatic rings. The van der Waals surface area contributed by atoms with Gasteiger partial charge < -0.3 is 30.3 Å². The monoisotopic (exact) mass is 590 g/mol. The van der Waals surface area contributed by atoms with Gasteiger partial charge in [-0.05, 0) is 82.3 Å². The van der Waals surface area contributed by atoms with Gasteiger partial charge in [0.25, 0.3) is 0 Å². The van der Waals surface area contributed by atoms with E-state index in [9.17, 15) is 19.5 Å². The lowest BCUT2D eigenvalue weighted by Gasteiger charge is -2.36. The summed E-state index contributed by atoms with van der Waals surface area (Å²) in [6.45, 7) is 10.5. The maximum absolute atomic E-state index is 14.3. The van der Waals surface area contributed by atoms with Crippen LogP contribution in [0.15, 0.2) is 54.6 Å². The number of ether oxygens (including phenoxy) is 1. The molecule has 3 heterocycles.